The summed E-state index contributed by atoms with van der Waals surface area (Å²) >= 11 is 0. The number of aryl methyl sites for hydroxylation is 1. The maximum absolute atomic E-state index is 9.14. The molecule has 0 unspecified atom stereocenters. The summed E-state index contributed by atoms with van der Waals surface area (Å²) in [5.74, 6) is 1.41. The molecule has 0 radical (unpaired) electrons. The molecule has 2 aromatic rings. The van der Waals surface area contributed by atoms with E-state index in [-0.39, 0.29) is 0 Å². The largest absolute Gasteiger partial charge is 0.341 e. The van der Waals surface area contributed by atoms with Crippen LogP contribution in [0.25, 0.3) is 0 Å². The lowest BCUT2D eigenvalue weighted by molar-refractivity contribution is 0.817. The van der Waals surface area contributed by atoms with Crippen LogP contribution in [0, 0.1) is 18.3 Å². The first-order valence-electron chi connectivity index (χ1n) is 7.04. The third-order valence-electron chi connectivity index (χ3n) is 3.20. The number of hydrogen-bond acceptors (Lipinski definition) is 5. The van der Waals surface area contributed by atoms with Gasteiger partial charge in [0.2, 0.25) is 5.95 Å². The molecule has 0 fully saturated rings. The lowest BCUT2D eigenvalue weighted by Crippen LogP contribution is -2.24. The van der Waals surface area contributed by atoms with E-state index in [9.17, 15) is 0 Å². The molecule has 0 aliphatic rings. The van der Waals surface area contributed by atoms with Gasteiger partial charge in [-0.2, -0.15) is 10.2 Å². The average Bonchev–Trinajstić information content (AvgIpc) is 2.48. The molecule has 5 heteroatoms. The Hall–Kier alpha value is -2.61. The predicted octanol–water partition coefficient (Wildman–Crippen LogP) is 3.25. The third-order valence-corrected chi connectivity index (χ3v) is 3.20. The molecule has 21 heavy (non-hydrogen) atoms. The highest BCUT2D eigenvalue weighted by atomic mass is 15.3. The zero-order valence-electron chi connectivity index (χ0n) is 12.6. The Morgan fingerprint density at radius 1 is 1.19 bits per heavy atom. The van der Waals surface area contributed by atoms with Gasteiger partial charge >= 0.3 is 0 Å². The molecule has 0 saturated heterocycles. The van der Waals surface area contributed by atoms with E-state index in [1.165, 1.54) is 0 Å². The standard InChI is InChI=1S/C16H19N5/c1-4-21(5-2)16-18-12(3)10-15(20-16)19-14-9-7-6-8-13(14)11-17/h6-10H,4-5H2,1-3H3,(H,18,19,20). The number of anilines is 3. The first kappa shape index (κ1) is 14.8. The zero-order chi connectivity index (χ0) is 15.2. The predicted molar refractivity (Wildman–Crippen MR) is 84.8 cm³/mol. The molecule has 0 amide bonds. The smallest absolute Gasteiger partial charge is 0.227 e. The minimum atomic E-state index is 0.596. The highest BCUT2D eigenvalue weighted by Crippen LogP contribution is 2.21. The van der Waals surface area contributed by atoms with Gasteiger partial charge in [-0.1, -0.05) is 12.1 Å². The number of nitrogens with zero attached hydrogens (tertiary/aromatic N) is 4. The van der Waals surface area contributed by atoms with Gasteiger partial charge in [-0.25, -0.2) is 4.98 Å². The van der Waals surface area contributed by atoms with Gasteiger partial charge in [0.05, 0.1) is 11.3 Å². The summed E-state index contributed by atoms with van der Waals surface area (Å²) in [4.78, 5) is 11.1. The highest BCUT2D eigenvalue weighted by Gasteiger charge is 2.09. The van der Waals surface area contributed by atoms with Gasteiger partial charge in [-0.15, -0.1) is 0 Å². The van der Waals surface area contributed by atoms with Crippen LogP contribution in [0.1, 0.15) is 25.1 Å². The third kappa shape index (κ3) is 3.48. The Balaban J connectivity index is 2.34. The van der Waals surface area contributed by atoms with Crippen LogP contribution < -0.4 is 10.2 Å². The van der Waals surface area contributed by atoms with Crippen molar-refractivity contribution in [1.82, 2.24) is 9.97 Å². The Morgan fingerprint density at radius 3 is 2.57 bits per heavy atom. The van der Waals surface area contributed by atoms with E-state index in [4.69, 9.17) is 5.26 Å². The molecule has 1 aromatic heterocycles. The highest BCUT2D eigenvalue weighted by molar-refractivity contribution is 5.65. The second kappa shape index (κ2) is 6.71. The van der Waals surface area contributed by atoms with Gasteiger partial charge in [-0.05, 0) is 32.9 Å². The topological polar surface area (TPSA) is 64.8 Å². The molecule has 1 aromatic carbocycles. The van der Waals surface area contributed by atoms with Crippen molar-refractivity contribution >= 4 is 17.5 Å². The van der Waals surface area contributed by atoms with Crippen LogP contribution in [0.3, 0.4) is 0 Å². The molecular formula is C16H19N5. The van der Waals surface area contributed by atoms with Crippen molar-refractivity contribution in [2.24, 2.45) is 0 Å². The van der Waals surface area contributed by atoms with Crippen LogP contribution in [0.4, 0.5) is 17.5 Å². The van der Waals surface area contributed by atoms with E-state index >= 15 is 0 Å². The second-order valence-corrected chi connectivity index (χ2v) is 4.65. The Labute approximate surface area is 125 Å². The Bertz CT molecular complexity index is 656. The van der Waals surface area contributed by atoms with Crippen molar-refractivity contribution < 1.29 is 0 Å². The zero-order valence-corrected chi connectivity index (χ0v) is 12.6. The van der Waals surface area contributed by atoms with Crippen LogP contribution in [0.15, 0.2) is 30.3 Å². The summed E-state index contributed by atoms with van der Waals surface area (Å²) < 4.78 is 0. The lowest BCUT2D eigenvalue weighted by atomic mass is 10.2. The molecule has 0 bridgehead atoms. The SMILES string of the molecule is CCN(CC)c1nc(C)cc(Nc2ccccc2C#N)n1. The van der Waals surface area contributed by atoms with E-state index in [1.54, 1.807) is 6.07 Å². The van der Waals surface area contributed by atoms with Crippen molar-refractivity contribution in [2.45, 2.75) is 20.8 Å². The fraction of sp³-hybridized carbons (Fsp3) is 0.312. The molecule has 0 atom stereocenters. The molecule has 0 spiro atoms. The average molecular weight is 281 g/mol. The van der Waals surface area contributed by atoms with Crippen LogP contribution in [-0.4, -0.2) is 23.1 Å². The summed E-state index contributed by atoms with van der Waals surface area (Å²) in [6.45, 7) is 7.80. The van der Waals surface area contributed by atoms with Gasteiger partial charge in [0.15, 0.2) is 0 Å². The summed E-state index contributed by atoms with van der Waals surface area (Å²) in [5, 5.41) is 12.3. The number of rotatable bonds is 5. The molecule has 0 aliphatic carbocycles. The van der Waals surface area contributed by atoms with Crippen molar-refractivity contribution in [3.63, 3.8) is 0 Å². The Morgan fingerprint density at radius 2 is 1.90 bits per heavy atom. The lowest BCUT2D eigenvalue weighted by Gasteiger charge is -2.19. The number of para-hydroxylation sites is 1. The molecule has 0 saturated carbocycles. The maximum Gasteiger partial charge on any atom is 0.227 e. The van der Waals surface area contributed by atoms with Gasteiger partial charge in [-0.3, -0.25) is 0 Å². The van der Waals surface area contributed by atoms with E-state index in [0.717, 1.165) is 24.5 Å². The van der Waals surface area contributed by atoms with Crippen molar-refractivity contribution in [3.05, 3.63) is 41.6 Å². The van der Waals surface area contributed by atoms with Gasteiger partial charge in [0.1, 0.15) is 11.9 Å². The van der Waals surface area contributed by atoms with E-state index < -0.39 is 0 Å². The molecule has 5 nitrogen and oxygen atoms in total. The van der Waals surface area contributed by atoms with Gasteiger partial charge in [0.25, 0.3) is 0 Å². The summed E-state index contributed by atoms with van der Waals surface area (Å²) in [7, 11) is 0. The summed E-state index contributed by atoms with van der Waals surface area (Å²) in [6, 6.07) is 11.4. The van der Waals surface area contributed by atoms with Crippen LogP contribution >= 0.6 is 0 Å². The number of nitriles is 1. The van der Waals surface area contributed by atoms with Gasteiger partial charge < -0.3 is 10.2 Å². The van der Waals surface area contributed by atoms with Crippen LogP contribution in [0.5, 0.6) is 0 Å². The molecule has 2 rings (SSSR count). The molecule has 0 aliphatic heterocycles. The fourth-order valence-electron chi connectivity index (χ4n) is 2.09. The van der Waals surface area contributed by atoms with Gasteiger partial charge in [0, 0.05) is 24.8 Å². The monoisotopic (exact) mass is 281 g/mol. The van der Waals surface area contributed by atoms with Crippen LogP contribution in [-0.2, 0) is 0 Å². The maximum atomic E-state index is 9.14. The summed E-state index contributed by atoms with van der Waals surface area (Å²) in [5.41, 5.74) is 2.24. The molecule has 1 heterocycles. The quantitative estimate of drug-likeness (QED) is 0.911. The Kier molecular flexibility index (Phi) is 4.72. The first-order valence-corrected chi connectivity index (χ1v) is 7.04. The van der Waals surface area contributed by atoms with E-state index in [1.807, 2.05) is 31.2 Å². The first-order chi connectivity index (χ1) is 10.2. The molecular weight excluding hydrogens is 262 g/mol. The number of aromatic nitrogens is 2. The molecule has 1 N–H and O–H groups in total. The van der Waals surface area contributed by atoms with E-state index in [0.29, 0.717) is 17.3 Å². The number of nitrogens with one attached hydrogen (secondary N) is 1. The normalized spacial score (nSPS) is 10.0. The van der Waals surface area contributed by atoms with Crippen LogP contribution in [0.2, 0.25) is 0 Å². The summed E-state index contributed by atoms with van der Waals surface area (Å²) in [6.07, 6.45) is 0. The number of hydrogen-bond donors (Lipinski definition) is 1. The molecule has 108 valence electrons. The fourth-order valence-corrected chi connectivity index (χ4v) is 2.09. The van der Waals surface area contributed by atoms with Crippen molar-refractivity contribution in [2.75, 3.05) is 23.3 Å². The minimum Gasteiger partial charge on any atom is -0.341 e. The van der Waals surface area contributed by atoms with Crippen molar-refractivity contribution in [1.29, 1.82) is 5.26 Å². The van der Waals surface area contributed by atoms with E-state index in [2.05, 4.69) is 40.1 Å². The number of benzene rings is 1. The second-order valence-electron chi connectivity index (χ2n) is 4.65. The van der Waals surface area contributed by atoms with Crippen molar-refractivity contribution in [3.8, 4) is 6.07 Å². The minimum absolute atomic E-state index is 0.596.